The molecule has 0 aromatic carbocycles. The lowest BCUT2D eigenvalue weighted by Gasteiger charge is -2.17. The van der Waals surface area contributed by atoms with Gasteiger partial charge in [-0.15, -0.1) is 0 Å². The van der Waals surface area contributed by atoms with Crippen LogP contribution in [0.15, 0.2) is 0 Å². The fourth-order valence-electron chi connectivity index (χ4n) is 1.36. The van der Waals surface area contributed by atoms with E-state index in [4.69, 9.17) is 0 Å². The van der Waals surface area contributed by atoms with Gasteiger partial charge in [-0.1, -0.05) is 0 Å². The summed E-state index contributed by atoms with van der Waals surface area (Å²) in [5, 5.41) is 0. The predicted octanol–water partition coefficient (Wildman–Crippen LogP) is -0.995. The van der Waals surface area contributed by atoms with Crippen molar-refractivity contribution < 1.29 is 13.2 Å². The van der Waals surface area contributed by atoms with Crippen LogP contribution >= 0.6 is 0 Å². The van der Waals surface area contributed by atoms with Crippen LogP contribution in [0.25, 0.3) is 0 Å². The summed E-state index contributed by atoms with van der Waals surface area (Å²) in [6.07, 6.45) is 2.01. The molecular formula is C8H17N3O3S. The number of nitrogens with zero attached hydrogens (tertiary/aromatic N) is 2. The molecule has 1 saturated heterocycles. The first kappa shape index (κ1) is 12.4. The summed E-state index contributed by atoms with van der Waals surface area (Å²) >= 11 is 0. The molecule has 0 spiro atoms. The molecule has 1 aliphatic rings. The molecule has 0 aliphatic carbocycles. The zero-order valence-corrected chi connectivity index (χ0v) is 9.88. The maximum absolute atomic E-state index is 11.5. The minimum atomic E-state index is -3.49. The van der Waals surface area contributed by atoms with Gasteiger partial charge in [-0.25, -0.2) is 0 Å². The van der Waals surface area contributed by atoms with Gasteiger partial charge in [-0.05, 0) is 12.8 Å². The van der Waals surface area contributed by atoms with Gasteiger partial charge < -0.3 is 4.90 Å². The largest absolute Gasteiger partial charge is 0.342 e. The van der Waals surface area contributed by atoms with Gasteiger partial charge in [0.15, 0.2) is 0 Å². The summed E-state index contributed by atoms with van der Waals surface area (Å²) in [6.45, 7) is 1.32. The van der Waals surface area contributed by atoms with Crippen LogP contribution in [0.5, 0.6) is 0 Å². The molecule has 88 valence electrons. The molecule has 1 rings (SSSR count). The lowest BCUT2D eigenvalue weighted by molar-refractivity contribution is -0.128. The van der Waals surface area contributed by atoms with Gasteiger partial charge in [-0.3, -0.25) is 4.79 Å². The van der Waals surface area contributed by atoms with Crippen molar-refractivity contribution in [3.63, 3.8) is 0 Å². The molecule has 1 aliphatic heterocycles. The highest BCUT2D eigenvalue weighted by molar-refractivity contribution is 7.87. The SMILES string of the molecule is CN(C)S(=O)(=O)NCC(=O)N1CCCC1. The lowest BCUT2D eigenvalue weighted by atomic mass is 10.4. The van der Waals surface area contributed by atoms with Crippen molar-refractivity contribution in [2.45, 2.75) is 12.8 Å². The summed E-state index contributed by atoms with van der Waals surface area (Å²) in [5.41, 5.74) is 0. The quantitative estimate of drug-likeness (QED) is 0.680. The molecule has 1 amide bonds. The van der Waals surface area contributed by atoms with Crippen LogP contribution in [0.4, 0.5) is 0 Å². The maximum atomic E-state index is 11.5. The minimum absolute atomic E-state index is 0.152. The molecule has 0 unspecified atom stereocenters. The second-order valence-electron chi connectivity index (χ2n) is 3.70. The monoisotopic (exact) mass is 235 g/mol. The third-order valence-corrected chi connectivity index (χ3v) is 3.82. The molecule has 1 heterocycles. The van der Waals surface area contributed by atoms with Crippen LogP contribution in [0.2, 0.25) is 0 Å². The fourth-order valence-corrected chi connectivity index (χ4v) is 1.92. The number of nitrogens with one attached hydrogen (secondary N) is 1. The first-order valence-corrected chi connectivity index (χ1v) is 6.32. The standard InChI is InChI=1S/C8H17N3O3S/c1-10(2)15(13,14)9-7-8(12)11-5-3-4-6-11/h9H,3-7H2,1-2H3. The van der Waals surface area contributed by atoms with Crippen molar-refractivity contribution in [1.29, 1.82) is 0 Å². The third kappa shape index (κ3) is 3.44. The first-order chi connectivity index (χ1) is 6.93. The van der Waals surface area contributed by atoms with E-state index < -0.39 is 10.2 Å². The summed E-state index contributed by atoms with van der Waals surface area (Å²) in [5.74, 6) is -0.155. The molecule has 1 fully saturated rings. The van der Waals surface area contributed by atoms with Crippen molar-refractivity contribution in [3.8, 4) is 0 Å². The number of carbonyl (C=O) groups is 1. The first-order valence-electron chi connectivity index (χ1n) is 4.88. The maximum Gasteiger partial charge on any atom is 0.279 e. The minimum Gasteiger partial charge on any atom is -0.342 e. The Hall–Kier alpha value is -0.660. The molecule has 1 N–H and O–H groups in total. The average molecular weight is 235 g/mol. The van der Waals surface area contributed by atoms with E-state index in [1.807, 2.05) is 0 Å². The lowest BCUT2D eigenvalue weighted by Crippen LogP contribution is -2.42. The van der Waals surface area contributed by atoms with E-state index in [1.54, 1.807) is 4.90 Å². The Morgan fingerprint density at radius 2 is 1.87 bits per heavy atom. The van der Waals surface area contributed by atoms with Crippen molar-refractivity contribution in [1.82, 2.24) is 13.9 Å². The van der Waals surface area contributed by atoms with Crippen LogP contribution in [0.1, 0.15) is 12.8 Å². The normalized spacial score (nSPS) is 17.4. The molecule has 6 nitrogen and oxygen atoms in total. The van der Waals surface area contributed by atoms with E-state index in [0.717, 1.165) is 30.2 Å². The van der Waals surface area contributed by atoms with Gasteiger partial charge in [0.05, 0.1) is 6.54 Å². The highest BCUT2D eigenvalue weighted by atomic mass is 32.2. The van der Waals surface area contributed by atoms with E-state index in [-0.39, 0.29) is 12.5 Å². The summed E-state index contributed by atoms with van der Waals surface area (Å²) in [7, 11) is -0.648. The Bertz CT molecular complexity index is 320. The Labute approximate surface area is 90.4 Å². The predicted molar refractivity (Wildman–Crippen MR) is 56.4 cm³/mol. The number of rotatable bonds is 4. The Balaban J connectivity index is 2.40. The summed E-state index contributed by atoms with van der Waals surface area (Å²) < 4.78 is 25.9. The van der Waals surface area contributed by atoms with Crippen molar-refractivity contribution in [2.75, 3.05) is 33.7 Å². The van der Waals surface area contributed by atoms with Gasteiger partial charge in [0.2, 0.25) is 5.91 Å². The van der Waals surface area contributed by atoms with E-state index in [2.05, 4.69) is 4.72 Å². The van der Waals surface area contributed by atoms with Crippen molar-refractivity contribution >= 4 is 16.1 Å². The molecule has 0 atom stereocenters. The topological polar surface area (TPSA) is 69.7 Å². The van der Waals surface area contributed by atoms with Gasteiger partial charge in [0, 0.05) is 27.2 Å². The molecule has 0 radical (unpaired) electrons. The number of likely N-dealkylation sites (tertiary alicyclic amines) is 1. The molecule has 7 heteroatoms. The fraction of sp³-hybridized carbons (Fsp3) is 0.875. The molecule has 0 bridgehead atoms. The smallest absolute Gasteiger partial charge is 0.279 e. The number of hydrogen-bond acceptors (Lipinski definition) is 3. The molecule has 15 heavy (non-hydrogen) atoms. The molecule has 0 aromatic heterocycles. The van der Waals surface area contributed by atoms with Crippen LogP contribution in [-0.4, -0.2) is 57.3 Å². The highest BCUT2D eigenvalue weighted by Crippen LogP contribution is 2.06. The summed E-state index contributed by atoms with van der Waals surface area (Å²) in [6, 6.07) is 0. The Morgan fingerprint density at radius 1 is 1.33 bits per heavy atom. The molecule has 0 saturated carbocycles. The molecular weight excluding hydrogens is 218 g/mol. The Kier molecular flexibility index (Phi) is 4.06. The van der Waals surface area contributed by atoms with E-state index >= 15 is 0 Å². The van der Waals surface area contributed by atoms with E-state index in [1.165, 1.54) is 14.1 Å². The Morgan fingerprint density at radius 3 is 2.33 bits per heavy atom. The van der Waals surface area contributed by atoms with Crippen LogP contribution in [-0.2, 0) is 15.0 Å². The third-order valence-electron chi connectivity index (χ3n) is 2.35. The van der Waals surface area contributed by atoms with Crippen molar-refractivity contribution in [3.05, 3.63) is 0 Å². The highest BCUT2D eigenvalue weighted by Gasteiger charge is 2.20. The van der Waals surface area contributed by atoms with Crippen LogP contribution in [0, 0.1) is 0 Å². The number of hydrogen-bond donors (Lipinski definition) is 1. The zero-order valence-electron chi connectivity index (χ0n) is 9.06. The van der Waals surface area contributed by atoms with Gasteiger partial charge in [-0.2, -0.15) is 17.4 Å². The number of carbonyl (C=O) groups excluding carboxylic acids is 1. The zero-order chi connectivity index (χ0) is 11.5. The molecule has 0 aromatic rings. The van der Waals surface area contributed by atoms with Gasteiger partial charge in [0.1, 0.15) is 0 Å². The number of amides is 1. The van der Waals surface area contributed by atoms with Crippen LogP contribution < -0.4 is 4.72 Å². The van der Waals surface area contributed by atoms with E-state index in [9.17, 15) is 13.2 Å². The second-order valence-corrected chi connectivity index (χ2v) is 5.67. The second kappa shape index (κ2) is 4.91. The van der Waals surface area contributed by atoms with Crippen LogP contribution in [0.3, 0.4) is 0 Å². The van der Waals surface area contributed by atoms with Gasteiger partial charge in [0.25, 0.3) is 10.2 Å². The van der Waals surface area contributed by atoms with E-state index in [0.29, 0.717) is 0 Å². The summed E-state index contributed by atoms with van der Waals surface area (Å²) in [4.78, 5) is 13.2. The van der Waals surface area contributed by atoms with Gasteiger partial charge >= 0.3 is 0 Å². The van der Waals surface area contributed by atoms with Crippen molar-refractivity contribution in [2.24, 2.45) is 0 Å². The average Bonchev–Trinajstić information content (AvgIpc) is 2.66.